The normalized spacial score (nSPS) is 11.3. The van der Waals surface area contributed by atoms with E-state index in [0.717, 1.165) is 13.2 Å². The van der Waals surface area contributed by atoms with Crippen molar-refractivity contribution in [3.8, 4) is 0 Å². The molecule has 1 aromatic carbocycles. The van der Waals surface area contributed by atoms with Crippen LogP contribution >= 0.6 is 0 Å². The summed E-state index contributed by atoms with van der Waals surface area (Å²) in [5, 5.41) is 0. The van der Waals surface area contributed by atoms with E-state index in [1.54, 1.807) is 0 Å². The molecule has 88 valence electrons. The van der Waals surface area contributed by atoms with Crippen LogP contribution in [0.1, 0.15) is 15.9 Å². The Kier molecular flexibility index (Phi) is 3.06. The number of hydrogen-bond donors (Lipinski definition) is 1. The number of methoxy groups -OCH3 is 1. The monoisotopic (exact) mass is 237 g/mol. The Bertz CT molecular complexity index is 428. The van der Waals surface area contributed by atoms with Crippen LogP contribution in [0.25, 0.3) is 0 Å². The lowest BCUT2D eigenvalue weighted by atomic mass is 10.1. The first kappa shape index (κ1) is 12.3. The summed E-state index contributed by atoms with van der Waals surface area (Å²) in [5.41, 5.74) is 2.35. The number of anilines is 1. The molecule has 0 atom stereocenters. The fraction of sp³-hybridized carbons (Fsp3) is 0.222. The zero-order chi connectivity index (χ0) is 12.5. The zero-order valence-corrected chi connectivity index (χ0v) is 8.06. The number of nitrogen functional groups attached to an aromatic ring is 1. The Balaban J connectivity index is 3.44. The molecule has 0 aromatic heterocycles. The molecule has 0 bridgehead atoms. The van der Waals surface area contributed by atoms with E-state index in [4.69, 9.17) is 5.73 Å². The molecule has 0 aliphatic carbocycles. The molecule has 7 heteroatoms. The fourth-order valence-electron chi connectivity index (χ4n) is 1.11. The molecule has 0 aliphatic rings. The second-order valence-electron chi connectivity index (χ2n) is 2.92. The van der Waals surface area contributed by atoms with Crippen molar-refractivity contribution in [1.82, 2.24) is 0 Å². The van der Waals surface area contributed by atoms with E-state index in [2.05, 4.69) is 4.74 Å². The van der Waals surface area contributed by atoms with Crippen molar-refractivity contribution in [3.05, 3.63) is 29.1 Å². The first-order valence-corrected chi connectivity index (χ1v) is 4.02. The standard InChI is InChI=1S/C9H7F4NO2/c1-16-8(15)5-2-4(14)3-6(7(5)10)9(11,12)13/h2-3H,14H2,1H3. The van der Waals surface area contributed by atoms with Crippen molar-refractivity contribution in [2.24, 2.45) is 0 Å². The van der Waals surface area contributed by atoms with Crippen LogP contribution in [0.5, 0.6) is 0 Å². The summed E-state index contributed by atoms with van der Waals surface area (Å²) >= 11 is 0. The summed E-state index contributed by atoms with van der Waals surface area (Å²) in [6.07, 6.45) is -4.91. The van der Waals surface area contributed by atoms with Gasteiger partial charge in [0.1, 0.15) is 5.82 Å². The highest BCUT2D eigenvalue weighted by Gasteiger charge is 2.36. The number of carbonyl (C=O) groups excluding carboxylic acids is 1. The van der Waals surface area contributed by atoms with E-state index in [9.17, 15) is 22.4 Å². The van der Waals surface area contributed by atoms with Crippen LogP contribution in [0.2, 0.25) is 0 Å². The molecule has 0 spiro atoms. The number of benzene rings is 1. The summed E-state index contributed by atoms with van der Waals surface area (Å²) in [4.78, 5) is 11.0. The predicted molar refractivity (Wildman–Crippen MR) is 47.2 cm³/mol. The van der Waals surface area contributed by atoms with Crippen LogP contribution in [-0.4, -0.2) is 13.1 Å². The van der Waals surface area contributed by atoms with Crippen LogP contribution in [0.15, 0.2) is 12.1 Å². The van der Waals surface area contributed by atoms with Crippen molar-refractivity contribution in [2.75, 3.05) is 12.8 Å². The predicted octanol–water partition coefficient (Wildman–Crippen LogP) is 2.21. The number of esters is 1. The van der Waals surface area contributed by atoms with Gasteiger partial charge in [0.25, 0.3) is 0 Å². The Morgan fingerprint density at radius 2 is 1.94 bits per heavy atom. The number of carbonyl (C=O) groups is 1. The van der Waals surface area contributed by atoms with Gasteiger partial charge < -0.3 is 10.5 Å². The lowest BCUT2D eigenvalue weighted by Gasteiger charge is -2.11. The zero-order valence-electron chi connectivity index (χ0n) is 8.06. The quantitative estimate of drug-likeness (QED) is 0.463. The minimum absolute atomic E-state index is 0.367. The summed E-state index contributed by atoms with van der Waals surface area (Å²) in [6.45, 7) is 0. The Hall–Kier alpha value is -1.79. The van der Waals surface area contributed by atoms with Crippen LogP contribution in [-0.2, 0) is 10.9 Å². The molecule has 2 N–H and O–H groups in total. The summed E-state index contributed by atoms with van der Waals surface area (Å²) in [7, 11) is 0.929. The highest BCUT2D eigenvalue weighted by molar-refractivity contribution is 5.91. The van der Waals surface area contributed by atoms with Gasteiger partial charge in [-0.05, 0) is 12.1 Å². The highest BCUT2D eigenvalue weighted by atomic mass is 19.4. The van der Waals surface area contributed by atoms with Gasteiger partial charge in [-0.15, -0.1) is 0 Å². The van der Waals surface area contributed by atoms with Gasteiger partial charge in [0, 0.05) is 5.69 Å². The minimum Gasteiger partial charge on any atom is -0.465 e. The molecule has 1 aromatic rings. The third kappa shape index (κ3) is 2.23. The van der Waals surface area contributed by atoms with Gasteiger partial charge in [-0.1, -0.05) is 0 Å². The third-order valence-corrected chi connectivity index (χ3v) is 1.81. The van der Waals surface area contributed by atoms with Gasteiger partial charge in [0.2, 0.25) is 0 Å². The van der Waals surface area contributed by atoms with Crippen molar-refractivity contribution >= 4 is 11.7 Å². The molecule has 16 heavy (non-hydrogen) atoms. The molecule has 0 saturated heterocycles. The lowest BCUT2D eigenvalue weighted by molar-refractivity contribution is -0.140. The SMILES string of the molecule is COC(=O)c1cc(N)cc(C(F)(F)F)c1F. The van der Waals surface area contributed by atoms with E-state index in [1.807, 2.05) is 0 Å². The van der Waals surface area contributed by atoms with Gasteiger partial charge >= 0.3 is 12.1 Å². The number of alkyl halides is 3. The molecule has 0 unspecified atom stereocenters. The maximum atomic E-state index is 13.3. The smallest absolute Gasteiger partial charge is 0.419 e. The van der Waals surface area contributed by atoms with Crippen molar-refractivity contribution in [1.29, 1.82) is 0 Å². The van der Waals surface area contributed by atoms with Crippen LogP contribution < -0.4 is 5.73 Å². The molecule has 0 heterocycles. The van der Waals surface area contributed by atoms with E-state index >= 15 is 0 Å². The Labute approximate surface area is 87.8 Å². The molecule has 0 aliphatic heterocycles. The maximum Gasteiger partial charge on any atom is 0.419 e. The molecular formula is C9H7F4NO2. The highest BCUT2D eigenvalue weighted by Crippen LogP contribution is 2.34. The second kappa shape index (κ2) is 3.99. The number of nitrogens with two attached hydrogens (primary N) is 1. The van der Waals surface area contributed by atoms with Crippen LogP contribution in [0.3, 0.4) is 0 Å². The van der Waals surface area contributed by atoms with E-state index in [-0.39, 0.29) is 5.69 Å². The topological polar surface area (TPSA) is 52.3 Å². The van der Waals surface area contributed by atoms with Gasteiger partial charge in [-0.25, -0.2) is 9.18 Å². The molecule has 0 saturated carbocycles. The van der Waals surface area contributed by atoms with Crippen molar-refractivity contribution < 1.29 is 27.1 Å². The van der Waals surface area contributed by atoms with Gasteiger partial charge in [-0.3, -0.25) is 0 Å². The molecule has 0 fully saturated rings. The first-order chi connectivity index (χ1) is 7.27. The molecular weight excluding hydrogens is 230 g/mol. The van der Waals surface area contributed by atoms with E-state index in [0.29, 0.717) is 6.07 Å². The van der Waals surface area contributed by atoms with E-state index in [1.165, 1.54) is 0 Å². The lowest BCUT2D eigenvalue weighted by Crippen LogP contribution is -2.14. The Morgan fingerprint density at radius 1 is 1.38 bits per heavy atom. The molecule has 3 nitrogen and oxygen atoms in total. The van der Waals surface area contributed by atoms with Gasteiger partial charge in [0.15, 0.2) is 0 Å². The van der Waals surface area contributed by atoms with E-state index < -0.39 is 29.1 Å². The minimum atomic E-state index is -4.91. The number of ether oxygens (including phenoxy) is 1. The number of rotatable bonds is 1. The Morgan fingerprint density at radius 3 is 2.38 bits per heavy atom. The van der Waals surface area contributed by atoms with Crippen LogP contribution in [0.4, 0.5) is 23.2 Å². The summed E-state index contributed by atoms with van der Waals surface area (Å²) < 4.78 is 54.4. The third-order valence-electron chi connectivity index (χ3n) is 1.81. The fourth-order valence-corrected chi connectivity index (χ4v) is 1.11. The summed E-state index contributed by atoms with van der Waals surface area (Å²) in [5.74, 6) is -2.90. The largest absolute Gasteiger partial charge is 0.465 e. The van der Waals surface area contributed by atoms with Crippen LogP contribution in [0, 0.1) is 5.82 Å². The van der Waals surface area contributed by atoms with Crippen molar-refractivity contribution in [3.63, 3.8) is 0 Å². The average molecular weight is 237 g/mol. The van der Waals surface area contributed by atoms with Gasteiger partial charge in [-0.2, -0.15) is 13.2 Å². The number of halogens is 4. The molecule has 1 rings (SSSR count). The number of hydrogen-bond acceptors (Lipinski definition) is 3. The maximum absolute atomic E-state index is 13.3. The summed E-state index contributed by atoms with van der Waals surface area (Å²) in [6, 6.07) is 1.21. The van der Waals surface area contributed by atoms with Crippen molar-refractivity contribution in [2.45, 2.75) is 6.18 Å². The second-order valence-corrected chi connectivity index (χ2v) is 2.92. The molecule has 0 amide bonds. The first-order valence-electron chi connectivity index (χ1n) is 4.02. The average Bonchev–Trinajstić information content (AvgIpc) is 2.18. The molecule has 0 radical (unpaired) electrons. The van der Waals surface area contributed by atoms with Gasteiger partial charge in [0.05, 0.1) is 18.2 Å².